The molecule has 1 atom stereocenters. The predicted octanol–water partition coefficient (Wildman–Crippen LogP) is 4.43. The molecule has 1 N–H and O–H groups in total. The maximum atomic E-state index is 12.3. The van der Waals surface area contributed by atoms with Crippen LogP contribution in [0.5, 0.6) is 5.75 Å². The van der Waals surface area contributed by atoms with Crippen molar-refractivity contribution >= 4 is 17.5 Å². The molecule has 3 nitrogen and oxygen atoms in total. The van der Waals surface area contributed by atoms with Gasteiger partial charge in [-0.3, -0.25) is 4.79 Å². The molecule has 0 bridgehead atoms. The van der Waals surface area contributed by atoms with Crippen LogP contribution in [-0.2, 0) is 11.3 Å². The highest BCUT2D eigenvalue weighted by atomic mass is 35.5. The quantitative estimate of drug-likeness (QED) is 0.850. The Morgan fingerprint density at radius 2 is 1.83 bits per heavy atom. The Morgan fingerprint density at radius 1 is 1.13 bits per heavy atom. The highest BCUT2D eigenvalue weighted by Crippen LogP contribution is 2.18. The zero-order valence-electron chi connectivity index (χ0n) is 13.7. The molecule has 0 radical (unpaired) electrons. The van der Waals surface area contributed by atoms with Crippen molar-refractivity contribution < 1.29 is 9.53 Å². The van der Waals surface area contributed by atoms with Crippen LogP contribution in [0.3, 0.4) is 0 Å². The maximum Gasteiger partial charge on any atom is 0.261 e. The zero-order valence-corrected chi connectivity index (χ0v) is 14.5. The predicted molar refractivity (Wildman–Crippen MR) is 93.9 cm³/mol. The number of rotatable bonds is 6. The first-order chi connectivity index (χ1) is 11.0. The number of amides is 1. The summed E-state index contributed by atoms with van der Waals surface area (Å²) < 4.78 is 5.84. The molecule has 0 saturated carbocycles. The fraction of sp³-hybridized carbons (Fsp3) is 0.316. The van der Waals surface area contributed by atoms with Gasteiger partial charge >= 0.3 is 0 Å². The summed E-state index contributed by atoms with van der Waals surface area (Å²) in [5.74, 6) is 0.613. The van der Waals surface area contributed by atoms with Crippen LogP contribution in [-0.4, -0.2) is 12.0 Å². The third-order valence-electron chi connectivity index (χ3n) is 3.80. The van der Waals surface area contributed by atoms with Crippen LogP contribution in [0.1, 0.15) is 30.0 Å². The number of aryl methyl sites for hydroxylation is 2. The van der Waals surface area contributed by atoms with E-state index >= 15 is 0 Å². The molecule has 1 amide bonds. The lowest BCUT2D eigenvalue weighted by Crippen LogP contribution is -2.37. The standard InChI is InChI=1S/C19H22ClNO2/c1-4-18(23-17-10-5-13(2)14(3)11-17)19(22)21-12-15-6-8-16(20)9-7-15/h5-11,18H,4,12H2,1-3H3,(H,21,22)/t18-/m1/s1. The van der Waals surface area contributed by atoms with E-state index in [2.05, 4.69) is 12.2 Å². The molecule has 0 aliphatic heterocycles. The fourth-order valence-electron chi connectivity index (χ4n) is 2.18. The van der Waals surface area contributed by atoms with E-state index in [1.54, 1.807) is 0 Å². The Kier molecular flexibility index (Phi) is 6.05. The van der Waals surface area contributed by atoms with Crippen molar-refractivity contribution in [2.24, 2.45) is 0 Å². The number of ether oxygens (including phenoxy) is 1. The summed E-state index contributed by atoms with van der Waals surface area (Å²) in [6, 6.07) is 13.3. The Bertz CT molecular complexity index is 668. The van der Waals surface area contributed by atoms with Gasteiger partial charge in [-0.05, 0) is 61.2 Å². The average molecular weight is 332 g/mol. The highest BCUT2D eigenvalue weighted by Gasteiger charge is 2.18. The molecule has 0 aromatic heterocycles. The Labute approximate surface area is 142 Å². The first kappa shape index (κ1) is 17.4. The first-order valence-electron chi connectivity index (χ1n) is 7.75. The van der Waals surface area contributed by atoms with Gasteiger partial charge in [0.05, 0.1) is 0 Å². The molecule has 0 aliphatic rings. The van der Waals surface area contributed by atoms with Crippen molar-refractivity contribution in [1.29, 1.82) is 0 Å². The molecule has 122 valence electrons. The first-order valence-corrected chi connectivity index (χ1v) is 8.13. The molecule has 0 spiro atoms. The molecule has 0 unspecified atom stereocenters. The molecule has 2 aromatic rings. The van der Waals surface area contributed by atoms with Crippen LogP contribution in [0.15, 0.2) is 42.5 Å². The minimum Gasteiger partial charge on any atom is -0.481 e. The lowest BCUT2D eigenvalue weighted by Gasteiger charge is -2.18. The zero-order chi connectivity index (χ0) is 16.8. The van der Waals surface area contributed by atoms with Gasteiger partial charge in [-0.2, -0.15) is 0 Å². The second-order valence-electron chi connectivity index (χ2n) is 5.61. The summed E-state index contributed by atoms with van der Waals surface area (Å²) in [5, 5.41) is 3.59. The van der Waals surface area contributed by atoms with Gasteiger partial charge in [-0.1, -0.05) is 36.7 Å². The average Bonchev–Trinajstić information content (AvgIpc) is 2.55. The maximum absolute atomic E-state index is 12.3. The minimum absolute atomic E-state index is 0.110. The van der Waals surface area contributed by atoms with Gasteiger partial charge in [-0.15, -0.1) is 0 Å². The Morgan fingerprint density at radius 3 is 2.43 bits per heavy atom. The van der Waals surface area contributed by atoms with E-state index in [1.165, 1.54) is 5.56 Å². The largest absolute Gasteiger partial charge is 0.481 e. The molecule has 0 heterocycles. The van der Waals surface area contributed by atoms with E-state index in [-0.39, 0.29) is 5.91 Å². The van der Waals surface area contributed by atoms with Gasteiger partial charge in [-0.25, -0.2) is 0 Å². The summed E-state index contributed by atoms with van der Waals surface area (Å²) in [5.41, 5.74) is 3.36. The van der Waals surface area contributed by atoms with E-state index in [0.717, 1.165) is 16.9 Å². The Balaban J connectivity index is 1.95. The number of nitrogens with one attached hydrogen (secondary N) is 1. The molecule has 4 heteroatoms. The monoisotopic (exact) mass is 331 g/mol. The van der Waals surface area contributed by atoms with Gasteiger partial charge in [0.15, 0.2) is 6.10 Å². The Hall–Kier alpha value is -2.00. The van der Waals surface area contributed by atoms with Crippen LogP contribution < -0.4 is 10.1 Å². The molecule has 0 saturated heterocycles. The third-order valence-corrected chi connectivity index (χ3v) is 4.05. The lowest BCUT2D eigenvalue weighted by atomic mass is 10.1. The van der Waals surface area contributed by atoms with E-state index in [9.17, 15) is 4.79 Å². The smallest absolute Gasteiger partial charge is 0.261 e. The number of hydrogen-bond acceptors (Lipinski definition) is 2. The fourth-order valence-corrected chi connectivity index (χ4v) is 2.30. The molecular weight excluding hydrogens is 310 g/mol. The van der Waals surface area contributed by atoms with Crippen molar-refractivity contribution in [2.45, 2.75) is 39.8 Å². The van der Waals surface area contributed by atoms with Gasteiger partial charge in [0.2, 0.25) is 0 Å². The van der Waals surface area contributed by atoms with Crippen molar-refractivity contribution in [3.05, 3.63) is 64.2 Å². The van der Waals surface area contributed by atoms with E-state index in [1.807, 2.05) is 56.3 Å². The van der Waals surface area contributed by atoms with Gasteiger partial charge < -0.3 is 10.1 Å². The summed E-state index contributed by atoms with van der Waals surface area (Å²) in [6.07, 6.45) is 0.115. The van der Waals surface area contributed by atoms with Crippen LogP contribution in [0.4, 0.5) is 0 Å². The van der Waals surface area contributed by atoms with Crippen molar-refractivity contribution in [3.63, 3.8) is 0 Å². The normalized spacial score (nSPS) is 11.8. The van der Waals surface area contributed by atoms with Gasteiger partial charge in [0.1, 0.15) is 5.75 Å². The second-order valence-corrected chi connectivity index (χ2v) is 6.04. The highest BCUT2D eigenvalue weighted by molar-refractivity contribution is 6.30. The van der Waals surface area contributed by atoms with Crippen LogP contribution in [0.25, 0.3) is 0 Å². The summed E-state index contributed by atoms with van der Waals surface area (Å²) in [4.78, 5) is 12.3. The number of carbonyl (C=O) groups excluding carboxylic acids is 1. The van der Waals surface area contributed by atoms with Crippen LogP contribution in [0, 0.1) is 13.8 Å². The molecule has 0 aliphatic carbocycles. The van der Waals surface area contributed by atoms with E-state index in [4.69, 9.17) is 16.3 Å². The van der Waals surface area contributed by atoms with Crippen molar-refractivity contribution in [3.8, 4) is 5.75 Å². The molecule has 23 heavy (non-hydrogen) atoms. The number of halogens is 1. The lowest BCUT2D eigenvalue weighted by molar-refractivity contribution is -0.128. The summed E-state index contributed by atoms with van der Waals surface area (Å²) in [7, 11) is 0. The number of benzene rings is 2. The molecular formula is C19H22ClNO2. The SMILES string of the molecule is CC[C@@H](Oc1ccc(C)c(C)c1)C(=O)NCc1ccc(Cl)cc1. The van der Waals surface area contributed by atoms with Crippen LogP contribution in [0.2, 0.25) is 5.02 Å². The van der Waals surface area contributed by atoms with Crippen LogP contribution >= 0.6 is 11.6 Å². The third kappa shape index (κ3) is 5.00. The summed E-state index contributed by atoms with van der Waals surface area (Å²) >= 11 is 5.85. The topological polar surface area (TPSA) is 38.3 Å². The van der Waals surface area contributed by atoms with Gasteiger partial charge in [0.25, 0.3) is 5.91 Å². The molecule has 2 aromatic carbocycles. The number of hydrogen-bond donors (Lipinski definition) is 1. The molecule has 2 rings (SSSR count). The minimum atomic E-state index is -0.496. The second kappa shape index (κ2) is 8.02. The van der Waals surface area contributed by atoms with Gasteiger partial charge in [0, 0.05) is 11.6 Å². The van der Waals surface area contributed by atoms with Crippen molar-refractivity contribution in [1.82, 2.24) is 5.32 Å². The number of carbonyl (C=O) groups is 1. The molecule has 0 fully saturated rings. The summed E-state index contributed by atoms with van der Waals surface area (Å²) in [6.45, 7) is 6.48. The van der Waals surface area contributed by atoms with E-state index in [0.29, 0.717) is 18.0 Å². The van der Waals surface area contributed by atoms with E-state index < -0.39 is 6.10 Å². The van der Waals surface area contributed by atoms with Crippen molar-refractivity contribution in [2.75, 3.05) is 0 Å².